The van der Waals surface area contributed by atoms with Crippen LogP contribution in [0.25, 0.3) is 0 Å². The van der Waals surface area contributed by atoms with Gasteiger partial charge in [-0.3, -0.25) is 18.7 Å². The molecule has 0 spiro atoms. The van der Waals surface area contributed by atoms with Gasteiger partial charge in [-0.15, -0.1) is 0 Å². The lowest BCUT2D eigenvalue weighted by molar-refractivity contribution is 0.0952. The van der Waals surface area contributed by atoms with Crippen LogP contribution in [-0.4, -0.2) is 21.1 Å². The van der Waals surface area contributed by atoms with E-state index in [2.05, 4.69) is 10.6 Å². The van der Waals surface area contributed by atoms with Crippen molar-refractivity contribution in [1.82, 2.24) is 14.5 Å². The summed E-state index contributed by atoms with van der Waals surface area (Å²) in [5, 5.41) is 6.11. The zero-order valence-corrected chi connectivity index (χ0v) is 13.7. The Balaban J connectivity index is 1.81. The molecule has 1 fully saturated rings. The maximum atomic E-state index is 12.3. The molecular formula is C17H20N4O3. The molecule has 1 heterocycles. The molecule has 1 saturated carbocycles. The van der Waals surface area contributed by atoms with Gasteiger partial charge >= 0.3 is 5.69 Å². The van der Waals surface area contributed by atoms with E-state index in [9.17, 15) is 14.4 Å². The SMILES string of the molecule is Cn1c(CNc2ccccc2C(=O)NC2CC2)cc(=O)n(C)c1=O. The quantitative estimate of drug-likeness (QED) is 0.841. The standard InChI is InChI=1S/C17H20N4O3/c1-20-12(9-15(22)21(2)17(20)24)10-18-14-6-4-3-5-13(14)16(23)19-11-7-8-11/h3-6,9,11,18H,7-8,10H2,1-2H3,(H,19,23). The van der Waals surface area contributed by atoms with Crippen molar-refractivity contribution in [3.8, 4) is 0 Å². The van der Waals surface area contributed by atoms with Crippen molar-refractivity contribution in [3.63, 3.8) is 0 Å². The van der Waals surface area contributed by atoms with Gasteiger partial charge < -0.3 is 10.6 Å². The smallest absolute Gasteiger partial charge is 0.330 e. The molecule has 3 rings (SSSR count). The minimum absolute atomic E-state index is 0.113. The molecule has 0 radical (unpaired) electrons. The second-order valence-corrected chi connectivity index (χ2v) is 6.02. The van der Waals surface area contributed by atoms with Crippen LogP contribution in [0.5, 0.6) is 0 Å². The number of para-hydroxylation sites is 1. The highest BCUT2D eigenvalue weighted by molar-refractivity contribution is 5.99. The molecule has 1 aliphatic rings. The van der Waals surface area contributed by atoms with Crippen LogP contribution < -0.4 is 21.9 Å². The molecule has 7 nitrogen and oxygen atoms in total. The van der Waals surface area contributed by atoms with Crippen LogP contribution in [0.4, 0.5) is 5.69 Å². The summed E-state index contributed by atoms with van der Waals surface area (Å²) in [7, 11) is 3.06. The Morgan fingerprint density at radius 1 is 1.17 bits per heavy atom. The Labute approximate surface area is 138 Å². The molecule has 1 aromatic carbocycles. The van der Waals surface area contributed by atoms with Gasteiger partial charge in [-0.2, -0.15) is 0 Å². The average molecular weight is 328 g/mol. The predicted molar refractivity (Wildman–Crippen MR) is 91.2 cm³/mol. The van der Waals surface area contributed by atoms with E-state index in [0.717, 1.165) is 17.4 Å². The van der Waals surface area contributed by atoms with Gasteiger partial charge in [-0.1, -0.05) is 12.1 Å². The number of aromatic nitrogens is 2. The fraction of sp³-hybridized carbons (Fsp3) is 0.353. The number of rotatable bonds is 5. The van der Waals surface area contributed by atoms with Crippen LogP contribution in [-0.2, 0) is 20.6 Å². The normalized spacial score (nSPS) is 13.6. The number of hydrogen-bond acceptors (Lipinski definition) is 4. The lowest BCUT2D eigenvalue weighted by atomic mass is 10.1. The number of nitrogens with zero attached hydrogens (tertiary/aromatic N) is 2. The summed E-state index contributed by atoms with van der Waals surface area (Å²) in [4.78, 5) is 36.0. The van der Waals surface area contributed by atoms with Crippen molar-refractivity contribution in [2.45, 2.75) is 25.4 Å². The van der Waals surface area contributed by atoms with Crippen molar-refractivity contribution in [3.05, 3.63) is 62.4 Å². The summed E-state index contributed by atoms with van der Waals surface area (Å²) in [6.07, 6.45) is 2.05. The van der Waals surface area contributed by atoms with E-state index in [-0.39, 0.29) is 29.7 Å². The molecule has 126 valence electrons. The first kappa shape index (κ1) is 16.0. The molecule has 0 bridgehead atoms. The third kappa shape index (κ3) is 3.24. The van der Waals surface area contributed by atoms with E-state index in [0.29, 0.717) is 16.9 Å². The molecule has 0 saturated heterocycles. The molecule has 0 aliphatic heterocycles. The van der Waals surface area contributed by atoms with Gasteiger partial charge in [-0.25, -0.2) is 4.79 Å². The van der Waals surface area contributed by atoms with Gasteiger partial charge in [0, 0.05) is 37.6 Å². The summed E-state index contributed by atoms with van der Waals surface area (Å²) in [5.41, 5.74) is 1.05. The molecule has 2 aromatic rings. The maximum absolute atomic E-state index is 12.3. The van der Waals surface area contributed by atoms with E-state index in [4.69, 9.17) is 0 Å². The average Bonchev–Trinajstić information content (AvgIpc) is 3.39. The Morgan fingerprint density at radius 3 is 2.58 bits per heavy atom. The highest BCUT2D eigenvalue weighted by Crippen LogP contribution is 2.21. The van der Waals surface area contributed by atoms with Crippen LogP contribution in [0, 0.1) is 0 Å². The summed E-state index contributed by atoms with van der Waals surface area (Å²) in [5.74, 6) is -0.113. The molecule has 7 heteroatoms. The zero-order chi connectivity index (χ0) is 17.3. The third-order valence-corrected chi connectivity index (χ3v) is 4.17. The first-order chi connectivity index (χ1) is 11.5. The van der Waals surface area contributed by atoms with E-state index in [1.165, 1.54) is 17.7 Å². The molecule has 24 heavy (non-hydrogen) atoms. The number of anilines is 1. The lowest BCUT2D eigenvalue weighted by Crippen LogP contribution is -2.38. The maximum Gasteiger partial charge on any atom is 0.330 e. The summed E-state index contributed by atoms with van der Waals surface area (Å²) in [6.45, 7) is 0.273. The highest BCUT2D eigenvalue weighted by Gasteiger charge is 2.24. The monoisotopic (exact) mass is 328 g/mol. The predicted octanol–water partition coefficient (Wildman–Crippen LogP) is 0.588. The summed E-state index contributed by atoms with van der Waals surface area (Å²) in [6, 6.07) is 8.90. The Kier molecular flexibility index (Phi) is 4.24. The summed E-state index contributed by atoms with van der Waals surface area (Å²) >= 11 is 0. The fourth-order valence-electron chi connectivity index (χ4n) is 2.46. The highest BCUT2D eigenvalue weighted by atomic mass is 16.2. The van der Waals surface area contributed by atoms with Crippen molar-refractivity contribution in [2.75, 3.05) is 5.32 Å². The van der Waals surface area contributed by atoms with Gasteiger partial charge in [-0.05, 0) is 25.0 Å². The minimum atomic E-state index is -0.376. The zero-order valence-electron chi connectivity index (χ0n) is 13.7. The molecule has 1 aliphatic carbocycles. The number of amides is 1. The van der Waals surface area contributed by atoms with Gasteiger partial charge in [0.05, 0.1) is 12.1 Å². The lowest BCUT2D eigenvalue weighted by Gasteiger charge is -2.14. The van der Waals surface area contributed by atoms with Gasteiger partial charge in [0.15, 0.2) is 0 Å². The molecule has 1 amide bonds. The van der Waals surface area contributed by atoms with Crippen LogP contribution >= 0.6 is 0 Å². The van der Waals surface area contributed by atoms with E-state index >= 15 is 0 Å². The molecule has 0 atom stereocenters. The van der Waals surface area contributed by atoms with E-state index in [1.54, 1.807) is 25.2 Å². The molecular weight excluding hydrogens is 308 g/mol. The van der Waals surface area contributed by atoms with E-state index in [1.807, 2.05) is 6.07 Å². The second-order valence-electron chi connectivity index (χ2n) is 6.02. The first-order valence-corrected chi connectivity index (χ1v) is 7.87. The molecule has 0 unspecified atom stereocenters. The van der Waals surface area contributed by atoms with Gasteiger partial charge in [0.2, 0.25) is 0 Å². The topological polar surface area (TPSA) is 85.1 Å². The van der Waals surface area contributed by atoms with Crippen LogP contribution in [0.1, 0.15) is 28.9 Å². The largest absolute Gasteiger partial charge is 0.379 e. The van der Waals surface area contributed by atoms with Crippen LogP contribution in [0.2, 0.25) is 0 Å². The number of nitrogens with one attached hydrogen (secondary N) is 2. The van der Waals surface area contributed by atoms with Gasteiger partial charge in [0.1, 0.15) is 0 Å². The van der Waals surface area contributed by atoms with Crippen molar-refractivity contribution in [1.29, 1.82) is 0 Å². The number of carbonyl (C=O) groups excluding carboxylic acids is 1. The van der Waals surface area contributed by atoms with Crippen molar-refractivity contribution < 1.29 is 4.79 Å². The Morgan fingerprint density at radius 2 is 1.88 bits per heavy atom. The fourth-order valence-corrected chi connectivity index (χ4v) is 2.46. The van der Waals surface area contributed by atoms with Crippen molar-refractivity contribution >= 4 is 11.6 Å². The third-order valence-electron chi connectivity index (χ3n) is 4.17. The molecule has 2 N–H and O–H groups in total. The van der Waals surface area contributed by atoms with Crippen molar-refractivity contribution in [2.24, 2.45) is 14.1 Å². The van der Waals surface area contributed by atoms with Gasteiger partial charge in [0.25, 0.3) is 11.5 Å². The minimum Gasteiger partial charge on any atom is -0.379 e. The summed E-state index contributed by atoms with van der Waals surface area (Å²) < 4.78 is 2.47. The number of hydrogen-bond donors (Lipinski definition) is 2. The Hall–Kier alpha value is -2.83. The second kappa shape index (κ2) is 6.35. The molecule has 1 aromatic heterocycles. The number of benzene rings is 1. The first-order valence-electron chi connectivity index (χ1n) is 7.87. The number of carbonyl (C=O) groups is 1. The Bertz CT molecular complexity index is 893. The van der Waals surface area contributed by atoms with Crippen LogP contribution in [0.3, 0.4) is 0 Å². The van der Waals surface area contributed by atoms with E-state index < -0.39 is 0 Å². The van der Waals surface area contributed by atoms with Crippen LogP contribution in [0.15, 0.2) is 39.9 Å².